The Bertz CT molecular complexity index is 1710. The number of carbonyl (C=O) groups excluding carboxylic acids is 1. The molecular formula is C33H32N4O4. The van der Waals surface area contributed by atoms with Crippen LogP contribution in [0.5, 0.6) is 0 Å². The van der Waals surface area contributed by atoms with Gasteiger partial charge in [0.1, 0.15) is 0 Å². The lowest BCUT2D eigenvalue weighted by molar-refractivity contribution is -0.137. The van der Waals surface area contributed by atoms with Crippen molar-refractivity contribution in [1.29, 1.82) is 0 Å². The molecule has 1 saturated heterocycles. The summed E-state index contributed by atoms with van der Waals surface area (Å²) in [7, 11) is 0. The Kier molecular flexibility index (Phi) is 6.36. The highest BCUT2D eigenvalue weighted by molar-refractivity contribution is 6.38. The molecule has 6 aliphatic rings. The SMILES string of the molecule is C=CC1=C(C)C2=NC1=CC1=NC(=C(CC)/C1=C/O)C=C1N=C3C(=C4NC(=C2)[C@@H](C)[C@@H]4CCC(=O)O)CC(=O)C3=C1C. The molecule has 1 saturated carbocycles. The molecule has 5 aliphatic heterocycles. The highest BCUT2D eigenvalue weighted by Crippen LogP contribution is 2.45. The van der Waals surface area contributed by atoms with Crippen molar-refractivity contribution in [2.24, 2.45) is 26.8 Å². The molecule has 3 N–H and O–H groups in total. The molecule has 8 heteroatoms. The van der Waals surface area contributed by atoms with Crippen LogP contribution in [-0.2, 0) is 9.59 Å². The predicted octanol–water partition coefficient (Wildman–Crippen LogP) is 5.89. The van der Waals surface area contributed by atoms with Gasteiger partial charge in [-0.1, -0.05) is 26.5 Å². The first-order valence-corrected chi connectivity index (χ1v) is 14.0. The zero-order chi connectivity index (χ0) is 29.2. The number of aliphatic hydroxyl groups is 1. The Morgan fingerprint density at radius 3 is 2.59 bits per heavy atom. The number of hydrogen-bond donors (Lipinski definition) is 3. The van der Waals surface area contributed by atoms with Crippen LogP contribution in [0.3, 0.4) is 0 Å². The highest BCUT2D eigenvalue weighted by atomic mass is 16.4. The van der Waals surface area contributed by atoms with Crippen molar-refractivity contribution >= 4 is 28.9 Å². The molecule has 8 nitrogen and oxygen atoms in total. The summed E-state index contributed by atoms with van der Waals surface area (Å²) in [6, 6.07) is 0. The molecule has 0 amide bonds. The maximum absolute atomic E-state index is 13.4. The van der Waals surface area contributed by atoms with E-state index < -0.39 is 5.97 Å². The monoisotopic (exact) mass is 548 g/mol. The number of aliphatic hydroxyl groups excluding tert-OH is 1. The molecule has 0 radical (unpaired) electrons. The summed E-state index contributed by atoms with van der Waals surface area (Å²) >= 11 is 0. The quantitative estimate of drug-likeness (QED) is 0.370. The van der Waals surface area contributed by atoms with Crippen LogP contribution in [0.1, 0.15) is 53.4 Å². The summed E-state index contributed by atoms with van der Waals surface area (Å²) in [6.07, 6.45) is 9.97. The van der Waals surface area contributed by atoms with E-state index >= 15 is 0 Å². The number of aliphatic carboxylic acids is 1. The standard InChI is InChI=1S/C33H32N4O4/c1-6-18-15(3)23-11-24-16(4)20(8-9-30(40)41)32(36-24)21-10-29(39)31-17(5)25(37-33(21)31)12-27-19(7-2)22(14-38)28(35-27)13-26(18)34-23/h6,11-14,16,20,36,38H,1,7-10H2,2-5H3,(H,40,41)/b22-14-,24-11?,25-12?,26-13?,32-21?/t16-,20-/m0/s1. The maximum atomic E-state index is 13.4. The third-order valence-corrected chi connectivity index (χ3v) is 8.85. The number of nitrogens with zero attached hydrogens (tertiary/aromatic N) is 3. The van der Waals surface area contributed by atoms with Gasteiger partial charge in [-0.15, -0.1) is 0 Å². The summed E-state index contributed by atoms with van der Waals surface area (Å²) < 4.78 is 0. The zero-order valence-electron chi connectivity index (χ0n) is 23.6. The second kappa shape index (κ2) is 9.80. The topological polar surface area (TPSA) is 124 Å². The number of Topliss-reactive ketones (excluding diaryl/α,β-unsaturated/α-hetero) is 1. The molecule has 1 aliphatic carbocycles. The minimum Gasteiger partial charge on any atom is -0.515 e. The van der Waals surface area contributed by atoms with Crippen molar-refractivity contribution in [3.8, 4) is 0 Å². The molecule has 208 valence electrons. The average molecular weight is 549 g/mol. The van der Waals surface area contributed by atoms with Crippen LogP contribution in [0.25, 0.3) is 0 Å². The second-order valence-electron chi connectivity index (χ2n) is 11.1. The average Bonchev–Trinajstić information content (AvgIpc) is 3.69. The van der Waals surface area contributed by atoms with Gasteiger partial charge in [0, 0.05) is 58.4 Å². The highest BCUT2D eigenvalue weighted by Gasteiger charge is 2.43. The molecular weight excluding hydrogens is 516 g/mol. The van der Waals surface area contributed by atoms with Gasteiger partial charge in [-0.25, -0.2) is 15.0 Å². The molecule has 2 fully saturated rings. The number of allylic oxidation sites excluding steroid dienone is 12. The normalized spacial score (nSPS) is 26.0. The Labute approximate surface area is 238 Å². The fourth-order valence-electron chi connectivity index (χ4n) is 6.60. The van der Waals surface area contributed by atoms with Gasteiger partial charge in [0.05, 0.1) is 40.5 Å². The Hall–Kier alpha value is -4.59. The Morgan fingerprint density at radius 1 is 1.12 bits per heavy atom. The number of rotatable bonds is 5. The maximum Gasteiger partial charge on any atom is 0.303 e. The molecule has 0 aromatic carbocycles. The van der Waals surface area contributed by atoms with Crippen molar-refractivity contribution in [3.05, 3.63) is 105 Å². The molecule has 41 heavy (non-hydrogen) atoms. The van der Waals surface area contributed by atoms with Gasteiger partial charge >= 0.3 is 5.97 Å². The molecule has 0 unspecified atom stereocenters. The number of carboxylic acids is 1. The summed E-state index contributed by atoms with van der Waals surface area (Å²) in [6.45, 7) is 12.0. The zero-order valence-corrected chi connectivity index (χ0v) is 23.6. The van der Waals surface area contributed by atoms with E-state index in [4.69, 9.17) is 15.0 Å². The molecule has 6 rings (SSSR count). The number of carboxylic acid groups (broad SMARTS) is 1. The Balaban J connectivity index is 1.64. The second-order valence-corrected chi connectivity index (χ2v) is 11.1. The fourth-order valence-corrected chi connectivity index (χ4v) is 6.60. The van der Waals surface area contributed by atoms with E-state index in [-0.39, 0.29) is 30.5 Å². The number of hydrogen-bond acceptors (Lipinski definition) is 7. The van der Waals surface area contributed by atoms with E-state index in [2.05, 4.69) is 18.8 Å². The van der Waals surface area contributed by atoms with Crippen LogP contribution in [0.15, 0.2) is 120 Å². The van der Waals surface area contributed by atoms with E-state index in [9.17, 15) is 19.8 Å². The van der Waals surface area contributed by atoms with Crippen molar-refractivity contribution in [2.45, 2.75) is 53.4 Å². The van der Waals surface area contributed by atoms with E-state index in [1.165, 1.54) is 0 Å². The largest absolute Gasteiger partial charge is 0.515 e. The predicted molar refractivity (Wildman–Crippen MR) is 159 cm³/mol. The van der Waals surface area contributed by atoms with Crippen LogP contribution < -0.4 is 5.32 Å². The lowest BCUT2D eigenvalue weighted by Gasteiger charge is -2.16. The number of carbonyl (C=O) groups is 2. The van der Waals surface area contributed by atoms with Gasteiger partial charge < -0.3 is 15.5 Å². The van der Waals surface area contributed by atoms with Crippen LogP contribution in [0.2, 0.25) is 0 Å². The van der Waals surface area contributed by atoms with E-state index in [1.807, 2.05) is 39.0 Å². The summed E-state index contributed by atoms with van der Waals surface area (Å²) in [5.41, 5.74) is 11.5. The first kappa shape index (κ1) is 26.6. The van der Waals surface area contributed by atoms with E-state index in [1.54, 1.807) is 6.08 Å². The lowest BCUT2D eigenvalue weighted by atomic mass is 9.86. The van der Waals surface area contributed by atoms with Crippen molar-refractivity contribution in [2.75, 3.05) is 0 Å². The first-order chi connectivity index (χ1) is 19.7. The van der Waals surface area contributed by atoms with Crippen molar-refractivity contribution in [3.63, 3.8) is 0 Å². The minimum absolute atomic E-state index is 0.00975. The minimum atomic E-state index is -0.850. The van der Waals surface area contributed by atoms with Gasteiger partial charge in [0.25, 0.3) is 0 Å². The van der Waals surface area contributed by atoms with Crippen LogP contribution >= 0.6 is 0 Å². The van der Waals surface area contributed by atoms with Crippen LogP contribution in [0.4, 0.5) is 0 Å². The number of fused-ring (bicyclic) bond motifs is 5. The third-order valence-electron chi connectivity index (χ3n) is 8.85. The molecule has 0 aromatic rings. The molecule has 2 atom stereocenters. The van der Waals surface area contributed by atoms with Gasteiger partial charge in [-0.2, -0.15) is 0 Å². The third kappa shape index (κ3) is 4.08. The first-order valence-electron chi connectivity index (χ1n) is 14.0. The fraction of sp³-hybridized carbons (Fsp3) is 0.303. The molecule has 0 spiro atoms. The molecule has 0 aromatic heterocycles. The van der Waals surface area contributed by atoms with E-state index in [0.29, 0.717) is 52.5 Å². The smallest absolute Gasteiger partial charge is 0.303 e. The number of nitrogens with one attached hydrogen (secondary N) is 1. The van der Waals surface area contributed by atoms with Gasteiger partial charge in [0.15, 0.2) is 5.78 Å². The summed E-state index contributed by atoms with van der Waals surface area (Å²) in [4.78, 5) is 39.7. The lowest BCUT2D eigenvalue weighted by Crippen LogP contribution is -2.15. The number of aliphatic imine (C=N–C) groups is 3. The van der Waals surface area contributed by atoms with Gasteiger partial charge in [0.2, 0.25) is 0 Å². The van der Waals surface area contributed by atoms with Gasteiger partial charge in [-0.3, -0.25) is 9.59 Å². The summed E-state index contributed by atoms with van der Waals surface area (Å²) in [5.74, 6) is -0.974. The number of ketones is 1. The molecule has 5 heterocycles. The van der Waals surface area contributed by atoms with Crippen LogP contribution in [-0.4, -0.2) is 39.1 Å². The Morgan fingerprint density at radius 2 is 1.90 bits per heavy atom. The van der Waals surface area contributed by atoms with Crippen LogP contribution in [0, 0.1) is 11.8 Å². The molecule has 8 bridgehead atoms. The summed E-state index contributed by atoms with van der Waals surface area (Å²) in [5, 5.41) is 23.3. The van der Waals surface area contributed by atoms with Gasteiger partial charge in [-0.05, 0) is 61.6 Å². The van der Waals surface area contributed by atoms with Crippen molar-refractivity contribution in [1.82, 2.24) is 5.32 Å². The van der Waals surface area contributed by atoms with Crippen molar-refractivity contribution < 1.29 is 19.8 Å². The van der Waals surface area contributed by atoms with E-state index in [0.717, 1.165) is 51.2 Å².